The summed E-state index contributed by atoms with van der Waals surface area (Å²) in [5.74, 6) is 0.446. The molecule has 10 nitrogen and oxygen atoms in total. The fraction of sp³-hybridized carbons (Fsp3) is 0.485. The van der Waals surface area contributed by atoms with E-state index in [-0.39, 0.29) is 11.7 Å². The van der Waals surface area contributed by atoms with Crippen molar-refractivity contribution in [3.05, 3.63) is 65.7 Å². The molecule has 0 radical (unpaired) electrons. The Morgan fingerprint density at radius 1 is 1.07 bits per heavy atom. The van der Waals surface area contributed by atoms with Crippen molar-refractivity contribution in [2.75, 3.05) is 39.3 Å². The number of carbonyl (C=O) groups is 1. The smallest absolute Gasteiger partial charge is 0.271 e. The van der Waals surface area contributed by atoms with Crippen LogP contribution in [-0.4, -0.2) is 83.4 Å². The number of aromatic amines is 1. The second-order valence-corrected chi connectivity index (χ2v) is 14.6. The van der Waals surface area contributed by atoms with Crippen molar-refractivity contribution in [1.82, 2.24) is 34.5 Å². The molecule has 0 atom stereocenters. The maximum atomic E-state index is 14.3. The topological polar surface area (TPSA) is 116 Å². The van der Waals surface area contributed by atoms with Gasteiger partial charge in [-0.2, -0.15) is 0 Å². The number of nitrogens with one attached hydrogen (secondary N) is 2. The van der Waals surface area contributed by atoms with Crippen LogP contribution in [0.1, 0.15) is 55.6 Å². The molecule has 6 rings (SSSR count). The van der Waals surface area contributed by atoms with Gasteiger partial charge in [0.1, 0.15) is 17.2 Å². The Labute approximate surface area is 264 Å². The normalized spacial score (nSPS) is 16.8. The molecule has 0 aliphatic carbocycles. The number of benzene rings is 2. The average molecular weight is 636 g/mol. The first kappa shape index (κ1) is 31.4. The zero-order valence-electron chi connectivity index (χ0n) is 26.0. The number of hydrogen-bond donors (Lipinski definition) is 2. The van der Waals surface area contributed by atoms with Crippen molar-refractivity contribution in [2.45, 2.75) is 57.4 Å². The summed E-state index contributed by atoms with van der Waals surface area (Å²) >= 11 is 0. The quantitative estimate of drug-likeness (QED) is 0.247. The van der Waals surface area contributed by atoms with Gasteiger partial charge in [-0.1, -0.05) is 31.2 Å². The van der Waals surface area contributed by atoms with Gasteiger partial charge in [-0.3, -0.25) is 9.48 Å². The molecule has 2 saturated heterocycles. The highest BCUT2D eigenvalue weighted by atomic mass is 32.2. The SMILES string of the molecule is CC(C)Cc1ccc(S(=O)(=O)NCCN2CCC(Cn3cc(-c4c(C(=O)N5CCCC5)[nH]c5ccc(F)cc45)nn3)CC2)cc1. The van der Waals surface area contributed by atoms with E-state index in [2.05, 4.69) is 38.8 Å². The fourth-order valence-corrected chi connectivity index (χ4v) is 7.55. The Balaban J connectivity index is 1.03. The van der Waals surface area contributed by atoms with Crippen LogP contribution in [0.25, 0.3) is 22.2 Å². The highest BCUT2D eigenvalue weighted by molar-refractivity contribution is 7.89. The van der Waals surface area contributed by atoms with Gasteiger partial charge in [0, 0.05) is 49.2 Å². The number of fused-ring (bicyclic) bond motifs is 1. The second-order valence-electron chi connectivity index (χ2n) is 12.8. The molecule has 2 aliphatic rings. The molecule has 2 fully saturated rings. The minimum absolute atomic E-state index is 0.0946. The predicted octanol–water partition coefficient (Wildman–Crippen LogP) is 4.69. The molecule has 240 valence electrons. The molecule has 0 saturated carbocycles. The van der Waals surface area contributed by atoms with Crippen molar-refractivity contribution in [1.29, 1.82) is 0 Å². The minimum atomic E-state index is -3.55. The Morgan fingerprint density at radius 2 is 1.80 bits per heavy atom. The van der Waals surface area contributed by atoms with Gasteiger partial charge < -0.3 is 14.8 Å². The molecule has 1 amide bonds. The lowest BCUT2D eigenvalue weighted by Gasteiger charge is -2.31. The van der Waals surface area contributed by atoms with Crippen molar-refractivity contribution in [2.24, 2.45) is 11.8 Å². The van der Waals surface area contributed by atoms with Gasteiger partial charge in [0.25, 0.3) is 5.91 Å². The summed E-state index contributed by atoms with van der Waals surface area (Å²) in [4.78, 5) is 21.0. The molecule has 0 unspecified atom stereocenters. The van der Waals surface area contributed by atoms with Crippen LogP contribution in [0.3, 0.4) is 0 Å². The van der Waals surface area contributed by atoms with Crippen LogP contribution in [0.5, 0.6) is 0 Å². The van der Waals surface area contributed by atoms with Crippen molar-refractivity contribution < 1.29 is 17.6 Å². The number of amides is 1. The third-order valence-corrected chi connectivity index (χ3v) is 10.4. The third kappa shape index (κ3) is 7.29. The fourth-order valence-electron chi connectivity index (χ4n) is 6.53. The van der Waals surface area contributed by atoms with Gasteiger partial charge in [-0.25, -0.2) is 17.5 Å². The standard InChI is InChI=1S/C33H42FN7O3S/c1-23(2)19-24-5-8-27(9-6-24)45(43,44)35-13-18-39-16-11-25(12-17-39)21-41-22-30(37-38-41)31-28-20-26(34)7-10-29(28)36-32(31)33(42)40-14-3-4-15-40/h5-10,20,22-23,25,35-36H,3-4,11-19,21H2,1-2H3. The van der Waals surface area contributed by atoms with Gasteiger partial charge in [-0.05, 0) is 92.9 Å². The summed E-state index contributed by atoms with van der Waals surface area (Å²) in [6.45, 7) is 9.15. The van der Waals surface area contributed by atoms with Crippen molar-refractivity contribution in [3.8, 4) is 11.3 Å². The van der Waals surface area contributed by atoms with Crippen molar-refractivity contribution in [3.63, 3.8) is 0 Å². The van der Waals surface area contributed by atoms with E-state index >= 15 is 0 Å². The summed E-state index contributed by atoms with van der Waals surface area (Å²) in [5.41, 5.74) is 3.40. The van der Waals surface area contributed by atoms with Crippen LogP contribution in [0.15, 0.2) is 53.6 Å². The molecule has 2 aromatic carbocycles. The van der Waals surface area contributed by atoms with Crippen LogP contribution in [-0.2, 0) is 23.0 Å². The zero-order valence-corrected chi connectivity index (χ0v) is 26.8. The number of sulfonamides is 1. The summed E-state index contributed by atoms with van der Waals surface area (Å²) in [7, 11) is -3.55. The lowest BCUT2D eigenvalue weighted by atomic mass is 9.97. The Hall–Kier alpha value is -3.61. The maximum absolute atomic E-state index is 14.3. The molecule has 2 aromatic heterocycles. The molecule has 4 heterocycles. The molecular formula is C33H42FN7O3S. The first-order valence-electron chi connectivity index (χ1n) is 16.0. The third-order valence-electron chi connectivity index (χ3n) is 8.91. The second kappa shape index (κ2) is 13.4. The summed E-state index contributed by atoms with van der Waals surface area (Å²) in [6.07, 6.45) is 6.65. The van der Waals surface area contributed by atoms with E-state index in [1.807, 2.05) is 27.9 Å². The predicted molar refractivity (Wildman–Crippen MR) is 172 cm³/mol. The van der Waals surface area contributed by atoms with E-state index in [1.54, 1.807) is 18.2 Å². The van der Waals surface area contributed by atoms with E-state index in [9.17, 15) is 17.6 Å². The van der Waals surface area contributed by atoms with Crippen LogP contribution >= 0.6 is 0 Å². The first-order valence-corrected chi connectivity index (χ1v) is 17.5. The average Bonchev–Trinajstić information content (AvgIpc) is 3.78. The lowest BCUT2D eigenvalue weighted by molar-refractivity contribution is 0.0788. The van der Waals surface area contributed by atoms with E-state index in [1.165, 1.54) is 12.1 Å². The summed E-state index contributed by atoms with van der Waals surface area (Å²) in [6, 6.07) is 11.6. The highest BCUT2D eigenvalue weighted by Gasteiger charge is 2.28. The number of piperidine rings is 1. The van der Waals surface area contributed by atoms with Crippen LogP contribution in [0, 0.1) is 17.7 Å². The maximum Gasteiger partial charge on any atom is 0.271 e. The van der Waals surface area contributed by atoms with Gasteiger partial charge in [0.2, 0.25) is 10.0 Å². The molecule has 0 spiro atoms. The molecule has 2 N–H and O–H groups in total. The van der Waals surface area contributed by atoms with Crippen molar-refractivity contribution >= 4 is 26.8 Å². The largest absolute Gasteiger partial charge is 0.350 e. The number of likely N-dealkylation sites (tertiary alicyclic amines) is 2. The van der Waals surface area contributed by atoms with E-state index < -0.39 is 10.0 Å². The number of rotatable bonds is 11. The number of hydrogen-bond acceptors (Lipinski definition) is 6. The Kier molecular flexibility index (Phi) is 9.34. The molecule has 12 heteroatoms. The number of nitrogens with zero attached hydrogens (tertiary/aromatic N) is 5. The van der Waals surface area contributed by atoms with Gasteiger partial charge in [-0.15, -0.1) is 5.10 Å². The molecule has 4 aromatic rings. The number of halogens is 1. The minimum Gasteiger partial charge on any atom is -0.350 e. The molecular weight excluding hydrogens is 593 g/mol. The monoisotopic (exact) mass is 635 g/mol. The molecule has 2 aliphatic heterocycles. The van der Waals surface area contributed by atoms with Crippen LogP contribution in [0.4, 0.5) is 4.39 Å². The lowest BCUT2D eigenvalue weighted by Crippen LogP contribution is -2.40. The molecule has 45 heavy (non-hydrogen) atoms. The first-order chi connectivity index (χ1) is 21.7. The number of aromatic nitrogens is 4. The highest BCUT2D eigenvalue weighted by Crippen LogP contribution is 2.33. The van der Waals surface area contributed by atoms with Crippen LogP contribution < -0.4 is 4.72 Å². The Bertz CT molecular complexity index is 1740. The number of H-pyrrole nitrogens is 1. The van der Waals surface area contributed by atoms with Crippen LogP contribution in [0.2, 0.25) is 0 Å². The van der Waals surface area contributed by atoms with Gasteiger partial charge in [0.15, 0.2) is 0 Å². The zero-order chi connectivity index (χ0) is 31.6. The van der Waals surface area contributed by atoms with E-state index in [0.29, 0.717) is 77.3 Å². The van der Waals surface area contributed by atoms with E-state index in [4.69, 9.17) is 0 Å². The summed E-state index contributed by atoms with van der Waals surface area (Å²) in [5, 5.41) is 9.42. The van der Waals surface area contributed by atoms with Gasteiger partial charge >= 0.3 is 0 Å². The number of carbonyl (C=O) groups excluding carboxylic acids is 1. The molecule has 0 bridgehead atoms. The summed E-state index contributed by atoms with van der Waals surface area (Å²) < 4.78 is 44.4. The van der Waals surface area contributed by atoms with Gasteiger partial charge in [0.05, 0.1) is 11.1 Å². The van der Waals surface area contributed by atoms with E-state index in [0.717, 1.165) is 50.8 Å². The Morgan fingerprint density at radius 3 is 2.51 bits per heavy atom.